The summed E-state index contributed by atoms with van der Waals surface area (Å²) >= 11 is 3.35. The number of esters is 1. The highest BCUT2D eigenvalue weighted by Crippen LogP contribution is 2.27. The minimum atomic E-state index is -0.436. The molecule has 0 aromatic heterocycles. The van der Waals surface area contributed by atoms with Crippen LogP contribution in [-0.2, 0) is 9.53 Å². The molecule has 0 radical (unpaired) electrons. The molecule has 0 aliphatic heterocycles. The summed E-state index contributed by atoms with van der Waals surface area (Å²) in [6.07, 6.45) is 3.01. The minimum absolute atomic E-state index is 0.172. The predicted molar refractivity (Wildman–Crippen MR) is 99.2 cm³/mol. The molecule has 25 heavy (non-hydrogen) atoms. The van der Waals surface area contributed by atoms with Crippen LogP contribution in [0.2, 0.25) is 0 Å². The predicted octanol–water partition coefficient (Wildman–Crippen LogP) is 4.10. The molecule has 0 heterocycles. The zero-order valence-corrected chi connectivity index (χ0v) is 15.6. The fourth-order valence-corrected chi connectivity index (χ4v) is 2.27. The van der Waals surface area contributed by atoms with E-state index in [4.69, 9.17) is 18.9 Å². The molecule has 0 aliphatic rings. The third kappa shape index (κ3) is 6.15. The maximum Gasteiger partial charge on any atom is 0.330 e. The van der Waals surface area contributed by atoms with Crippen molar-refractivity contribution in [2.75, 3.05) is 27.4 Å². The second-order valence-electron chi connectivity index (χ2n) is 4.92. The van der Waals surface area contributed by atoms with Gasteiger partial charge in [0, 0.05) is 10.5 Å². The maximum atomic E-state index is 11.7. The van der Waals surface area contributed by atoms with E-state index in [0.29, 0.717) is 11.5 Å². The summed E-state index contributed by atoms with van der Waals surface area (Å²) in [5.41, 5.74) is 0.806. The number of hydrogen-bond acceptors (Lipinski definition) is 5. The number of carbonyl (C=O) groups is 1. The molecule has 0 atom stereocenters. The van der Waals surface area contributed by atoms with Crippen LogP contribution in [0.15, 0.2) is 53.0 Å². The summed E-state index contributed by atoms with van der Waals surface area (Å²) in [4.78, 5) is 11.7. The molecule has 0 N–H and O–H groups in total. The van der Waals surface area contributed by atoms with Crippen molar-refractivity contribution in [3.8, 4) is 17.2 Å². The molecule has 0 bridgehead atoms. The zero-order chi connectivity index (χ0) is 18.1. The van der Waals surface area contributed by atoms with E-state index in [9.17, 15) is 4.79 Å². The van der Waals surface area contributed by atoms with E-state index in [2.05, 4.69) is 15.9 Å². The summed E-state index contributed by atoms with van der Waals surface area (Å²) in [6, 6.07) is 12.8. The first-order chi connectivity index (χ1) is 12.1. The average molecular weight is 407 g/mol. The van der Waals surface area contributed by atoms with Crippen LogP contribution >= 0.6 is 15.9 Å². The Kier molecular flexibility index (Phi) is 7.35. The average Bonchev–Trinajstić information content (AvgIpc) is 2.64. The van der Waals surface area contributed by atoms with Gasteiger partial charge in [-0.1, -0.05) is 22.0 Å². The van der Waals surface area contributed by atoms with Gasteiger partial charge in [-0.25, -0.2) is 4.79 Å². The Bertz CT molecular complexity index is 725. The van der Waals surface area contributed by atoms with E-state index >= 15 is 0 Å². The van der Waals surface area contributed by atoms with Crippen LogP contribution in [0.3, 0.4) is 0 Å². The third-order valence-corrected chi connectivity index (χ3v) is 3.76. The van der Waals surface area contributed by atoms with Gasteiger partial charge in [-0.3, -0.25) is 0 Å². The van der Waals surface area contributed by atoms with Crippen molar-refractivity contribution in [2.24, 2.45) is 0 Å². The molecule has 2 aromatic carbocycles. The number of hydrogen-bond donors (Lipinski definition) is 0. The highest BCUT2D eigenvalue weighted by Gasteiger charge is 2.03. The standard InChI is InChI=1S/C19H19BrO5/c1-22-17-9-3-14(13-18(17)23-2)4-10-19(21)25-12-11-24-16-7-5-15(20)6-8-16/h3-10,13H,11-12H2,1-2H3/b10-4+. The summed E-state index contributed by atoms with van der Waals surface area (Å²) in [7, 11) is 3.13. The molecule has 132 valence electrons. The Hall–Kier alpha value is -2.47. The molecular weight excluding hydrogens is 388 g/mol. The van der Waals surface area contributed by atoms with E-state index in [1.54, 1.807) is 32.4 Å². The molecule has 2 aromatic rings. The largest absolute Gasteiger partial charge is 0.493 e. The Morgan fingerprint density at radius 3 is 2.40 bits per heavy atom. The van der Waals surface area contributed by atoms with Gasteiger partial charge >= 0.3 is 5.97 Å². The van der Waals surface area contributed by atoms with Gasteiger partial charge in [0.15, 0.2) is 11.5 Å². The highest BCUT2D eigenvalue weighted by atomic mass is 79.9. The normalized spacial score (nSPS) is 10.5. The molecule has 0 amide bonds. The van der Waals surface area contributed by atoms with Crippen molar-refractivity contribution in [2.45, 2.75) is 0 Å². The zero-order valence-electron chi connectivity index (χ0n) is 14.0. The van der Waals surface area contributed by atoms with Gasteiger partial charge in [0.2, 0.25) is 0 Å². The first-order valence-electron chi connectivity index (χ1n) is 7.57. The molecular formula is C19H19BrO5. The van der Waals surface area contributed by atoms with Crippen molar-refractivity contribution in [3.63, 3.8) is 0 Å². The Labute approximate surface area is 155 Å². The molecule has 5 nitrogen and oxygen atoms in total. The second kappa shape index (κ2) is 9.74. The number of ether oxygens (including phenoxy) is 4. The topological polar surface area (TPSA) is 54.0 Å². The molecule has 0 unspecified atom stereocenters. The summed E-state index contributed by atoms with van der Waals surface area (Å²) in [5, 5.41) is 0. The second-order valence-corrected chi connectivity index (χ2v) is 5.83. The van der Waals surface area contributed by atoms with Crippen molar-refractivity contribution >= 4 is 28.0 Å². The third-order valence-electron chi connectivity index (χ3n) is 3.23. The van der Waals surface area contributed by atoms with Crippen LogP contribution in [0.1, 0.15) is 5.56 Å². The molecule has 0 aliphatic carbocycles. The quantitative estimate of drug-likeness (QED) is 0.375. The lowest BCUT2D eigenvalue weighted by molar-refractivity contribution is -0.138. The van der Waals surface area contributed by atoms with Crippen LogP contribution in [0.25, 0.3) is 6.08 Å². The fourth-order valence-electron chi connectivity index (χ4n) is 2.00. The number of halogens is 1. The van der Waals surface area contributed by atoms with Crippen LogP contribution in [0, 0.1) is 0 Å². The monoisotopic (exact) mass is 406 g/mol. The van der Waals surface area contributed by atoms with Crippen molar-refractivity contribution in [1.29, 1.82) is 0 Å². The van der Waals surface area contributed by atoms with Gasteiger partial charge in [0.1, 0.15) is 19.0 Å². The summed E-state index contributed by atoms with van der Waals surface area (Å²) in [5.74, 6) is 1.52. The highest BCUT2D eigenvalue weighted by molar-refractivity contribution is 9.10. The lowest BCUT2D eigenvalue weighted by atomic mass is 10.2. The van der Waals surface area contributed by atoms with Crippen molar-refractivity contribution < 1.29 is 23.7 Å². The van der Waals surface area contributed by atoms with Crippen LogP contribution in [-0.4, -0.2) is 33.4 Å². The maximum absolute atomic E-state index is 11.7. The van der Waals surface area contributed by atoms with Gasteiger partial charge in [0.05, 0.1) is 14.2 Å². The summed E-state index contributed by atoms with van der Waals surface area (Å²) in [6.45, 7) is 0.461. The number of benzene rings is 2. The minimum Gasteiger partial charge on any atom is -0.493 e. The Morgan fingerprint density at radius 2 is 1.72 bits per heavy atom. The van der Waals surface area contributed by atoms with E-state index in [1.165, 1.54) is 6.08 Å². The smallest absolute Gasteiger partial charge is 0.330 e. The van der Waals surface area contributed by atoms with E-state index in [-0.39, 0.29) is 13.2 Å². The van der Waals surface area contributed by atoms with Gasteiger partial charge in [-0.05, 0) is 48.0 Å². The van der Waals surface area contributed by atoms with E-state index in [1.807, 2.05) is 30.3 Å². The van der Waals surface area contributed by atoms with E-state index < -0.39 is 5.97 Å². The molecule has 6 heteroatoms. The Balaban J connectivity index is 1.77. The van der Waals surface area contributed by atoms with E-state index in [0.717, 1.165) is 15.8 Å². The number of rotatable bonds is 8. The first kappa shape index (κ1) is 18.9. The molecule has 0 spiro atoms. The number of methoxy groups -OCH3 is 2. The van der Waals surface area contributed by atoms with Gasteiger partial charge in [0.25, 0.3) is 0 Å². The van der Waals surface area contributed by atoms with Crippen LogP contribution in [0.5, 0.6) is 17.2 Å². The molecule has 2 rings (SSSR count). The van der Waals surface area contributed by atoms with Crippen LogP contribution < -0.4 is 14.2 Å². The fraction of sp³-hybridized carbons (Fsp3) is 0.211. The van der Waals surface area contributed by atoms with Gasteiger partial charge < -0.3 is 18.9 Å². The SMILES string of the molecule is COc1ccc(/C=C/C(=O)OCCOc2ccc(Br)cc2)cc1OC. The molecule has 0 saturated heterocycles. The van der Waals surface area contributed by atoms with Crippen molar-refractivity contribution in [3.05, 3.63) is 58.6 Å². The lowest BCUT2D eigenvalue weighted by Gasteiger charge is -2.07. The Morgan fingerprint density at radius 1 is 1.00 bits per heavy atom. The van der Waals surface area contributed by atoms with Crippen molar-refractivity contribution in [1.82, 2.24) is 0 Å². The first-order valence-corrected chi connectivity index (χ1v) is 8.37. The lowest BCUT2D eigenvalue weighted by Crippen LogP contribution is -2.10. The van der Waals surface area contributed by atoms with Gasteiger partial charge in [-0.15, -0.1) is 0 Å². The number of carbonyl (C=O) groups excluding carboxylic acids is 1. The molecule has 0 fully saturated rings. The summed E-state index contributed by atoms with van der Waals surface area (Å²) < 4.78 is 21.9. The molecule has 0 saturated carbocycles. The van der Waals surface area contributed by atoms with Gasteiger partial charge in [-0.2, -0.15) is 0 Å². The van der Waals surface area contributed by atoms with Crippen LogP contribution in [0.4, 0.5) is 0 Å².